The summed E-state index contributed by atoms with van der Waals surface area (Å²) in [5.41, 5.74) is 7.77. The topological polar surface area (TPSA) is 155 Å². The van der Waals surface area contributed by atoms with Crippen molar-refractivity contribution in [3.8, 4) is 0 Å². The molecule has 2 amide bonds. The highest BCUT2D eigenvalue weighted by atomic mass is 16.5. The maximum atomic E-state index is 13.4. The summed E-state index contributed by atoms with van der Waals surface area (Å²) in [5, 5.41) is 6.38. The Morgan fingerprint density at radius 1 is 1.11 bits per heavy atom. The van der Waals surface area contributed by atoms with Gasteiger partial charge < -0.3 is 20.4 Å². The number of nitrogens with one attached hydrogen (secondary N) is 4. The Kier molecular flexibility index (Phi) is 9.48. The predicted octanol–water partition coefficient (Wildman–Crippen LogP) is 2.34. The van der Waals surface area contributed by atoms with Gasteiger partial charge in [0.1, 0.15) is 12.1 Å². The Morgan fingerprint density at radius 2 is 1.80 bits per heavy atom. The SMILES string of the molecule is CC(C)OC(=O)[C@H](CCC(=O)C=[N+]=N)NC(=O)[C@H](Cc1c[nH]c2ccccc12)NC(=O)C(C)(C)C. The van der Waals surface area contributed by atoms with Gasteiger partial charge in [-0.2, -0.15) is 0 Å². The number of amides is 2. The lowest BCUT2D eigenvalue weighted by atomic mass is 9.94. The van der Waals surface area contributed by atoms with Crippen molar-refractivity contribution in [2.75, 3.05) is 0 Å². The first-order chi connectivity index (χ1) is 16.4. The van der Waals surface area contributed by atoms with Crippen LogP contribution in [0.1, 0.15) is 53.0 Å². The van der Waals surface area contributed by atoms with E-state index < -0.39 is 41.3 Å². The minimum Gasteiger partial charge on any atom is -0.461 e. The fourth-order valence-corrected chi connectivity index (χ4v) is 3.36. The van der Waals surface area contributed by atoms with Gasteiger partial charge >= 0.3 is 12.2 Å². The zero-order valence-electron chi connectivity index (χ0n) is 20.8. The van der Waals surface area contributed by atoms with Crippen molar-refractivity contribution in [3.05, 3.63) is 36.0 Å². The van der Waals surface area contributed by atoms with Crippen LogP contribution in [-0.4, -0.2) is 57.7 Å². The first kappa shape index (κ1) is 27.5. The molecule has 0 fully saturated rings. The number of H-pyrrole nitrogens is 1. The summed E-state index contributed by atoms with van der Waals surface area (Å²) in [5.74, 6) is -2.02. The molecule has 2 rings (SSSR count). The van der Waals surface area contributed by atoms with Gasteiger partial charge in [0.25, 0.3) is 0 Å². The van der Waals surface area contributed by atoms with Gasteiger partial charge in [-0.05, 0) is 31.9 Å². The molecule has 0 aliphatic heterocycles. The van der Waals surface area contributed by atoms with Crippen LogP contribution in [-0.2, 0) is 30.3 Å². The molecule has 10 heteroatoms. The molecule has 35 heavy (non-hydrogen) atoms. The van der Waals surface area contributed by atoms with Crippen LogP contribution in [0.15, 0.2) is 30.5 Å². The van der Waals surface area contributed by atoms with Crippen molar-refractivity contribution < 1.29 is 28.7 Å². The second kappa shape index (κ2) is 12.1. The largest absolute Gasteiger partial charge is 0.461 e. The molecule has 4 N–H and O–H groups in total. The van der Waals surface area contributed by atoms with Crippen LogP contribution in [0.3, 0.4) is 0 Å². The van der Waals surface area contributed by atoms with Gasteiger partial charge in [0.05, 0.1) is 16.4 Å². The number of ether oxygens (including phenoxy) is 1. The predicted molar refractivity (Wildman–Crippen MR) is 130 cm³/mol. The number of carbonyl (C=O) groups excluding carboxylic acids is 4. The highest BCUT2D eigenvalue weighted by molar-refractivity contribution is 6.25. The molecule has 0 radical (unpaired) electrons. The van der Waals surface area contributed by atoms with E-state index in [9.17, 15) is 19.2 Å². The number of Topliss-reactive ketones (excluding diaryl/α,β-unsaturated/α-hetero) is 1. The molecule has 2 aromatic rings. The zero-order valence-corrected chi connectivity index (χ0v) is 20.8. The van der Waals surface area contributed by atoms with Gasteiger partial charge in [-0.3, -0.25) is 14.4 Å². The van der Waals surface area contributed by atoms with Gasteiger partial charge in [-0.25, -0.2) is 4.79 Å². The Morgan fingerprint density at radius 3 is 2.43 bits per heavy atom. The molecule has 0 aliphatic carbocycles. The number of aromatic amines is 1. The highest BCUT2D eigenvalue weighted by Crippen LogP contribution is 2.20. The smallest absolute Gasteiger partial charge is 0.372 e. The Labute approximate surface area is 204 Å². The first-order valence-electron chi connectivity index (χ1n) is 11.5. The number of hydrogen-bond acceptors (Lipinski definition) is 6. The summed E-state index contributed by atoms with van der Waals surface area (Å²) >= 11 is 0. The van der Waals surface area contributed by atoms with Crippen molar-refractivity contribution in [2.24, 2.45) is 5.41 Å². The lowest BCUT2D eigenvalue weighted by Gasteiger charge is -2.26. The maximum Gasteiger partial charge on any atom is 0.372 e. The highest BCUT2D eigenvalue weighted by Gasteiger charge is 2.32. The van der Waals surface area contributed by atoms with E-state index in [0.29, 0.717) is 0 Å². The number of carbonyl (C=O) groups is 4. The number of aromatic nitrogens is 1. The minimum absolute atomic E-state index is 0.0326. The molecule has 0 spiro atoms. The Bertz CT molecular complexity index is 1120. The van der Waals surface area contributed by atoms with Crippen molar-refractivity contribution in [1.29, 1.82) is 5.53 Å². The number of esters is 1. The molecular weight excluding hydrogens is 450 g/mol. The summed E-state index contributed by atoms with van der Waals surface area (Å²) in [6, 6.07) is 5.54. The molecule has 0 saturated carbocycles. The van der Waals surface area contributed by atoms with Crippen LogP contribution < -0.4 is 10.6 Å². The van der Waals surface area contributed by atoms with Crippen molar-refractivity contribution in [1.82, 2.24) is 15.6 Å². The maximum absolute atomic E-state index is 13.4. The van der Waals surface area contributed by atoms with Gasteiger partial charge in [0.15, 0.2) is 0 Å². The van der Waals surface area contributed by atoms with Crippen LogP contribution in [0.4, 0.5) is 0 Å². The van der Waals surface area contributed by atoms with Crippen molar-refractivity contribution >= 4 is 40.7 Å². The second-order valence-corrected chi connectivity index (χ2v) is 9.65. The molecule has 0 saturated heterocycles. The quantitative estimate of drug-likeness (QED) is 0.167. The molecular formula is C25H34N5O5+. The van der Waals surface area contributed by atoms with E-state index in [1.807, 2.05) is 24.3 Å². The monoisotopic (exact) mass is 484 g/mol. The molecule has 10 nitrogen and oxygen atoms in total. The molecule has 0 aliphatic rings. The second-order valence-electron chi connectivity index (χ2n) is 9.65. The molecule has 1 aromatic heterocycles. The normalized spacial score (nSPS) is 13.0. The molecule has 1 aromatic carbocycles. The van der Waals surface area contributed by atoms with E-state index in [-0.39, 0.29) is 25.2 Å². The van der Waals surface area contributed by atoms with Crippen LogP contribution in [0, 0.1) is 10.9 Å². The van der Waals surface area contributed by atoms with Gasteiger partial charge in [-0.1, -0.05) is 39.0 Å². The molecule has 2 atom stereocenters. The van der Waals surface area contributed by atoms with E-state index in [4.69, 9.17) is 10.3 Å². The first-order valence-corrected chi connectivity index (χ1v) is 11.5. The molecule has 0 bridgehead atoms. The van der Waals surface area contributed by atoms with Crippen LogP contribution in [0.25, 0.3) is 10.9 Å². The number of nitrogens with zero attached hydrogens (tertiary/aromatic N) is 1. The summed E-state index contributed by atoms with van der Waals surface area (Å²) in [4.78, 5) is 56.7. The Balaban J connectivity index is 2.29. The fourth-order valence-electron chi connectivity index (χ4n) is 3.36. The average molecular weight is 485 g/mol. The van der Waals surface area contributed by atoms with E-state index in [1.165, 1.54) is 0 Å². The summed E-state index contributed by atoms with van der Waals surface area (Å²) in [6.07, 6.45) is 2.26. The fraction of sp³-hybridized carbons (Fsp3) is 0.480. The van der Waals surface area contributed by atoms with Crippen LogP contribution in [0.5, 0.6) is 0 Å². The van der Waals surface area contributed by atoms with E-state index in [1.54, 1.807) is 40.8 Å². The third-order valence-corrected chi connectivity index (χ3v) is 5.24. The van der Waals surface area contributed by atoms with E-state index in [2.05, 4.69) is 20.4 Å². The molecule has 0 unspecified atom stereocenters. The summed E-state index contributed by atoms with van der Waals surface area (Å²) in [7, 11) is 0. The summed E-state index contributed by atoms with van der Waals surface area (Å²) in [6.45, 7) is 8.58. The van der Waals surface area contributed by atoms with E-state index in [0.717, 1.165) is 22.7 Å². The number of ketones is 1. The standard InChI is InChI=1S/C25H33N5O5/c1-15(2)35-23(33)20(11-10-17(31)14-28-26)29-22(32)21(30-24(34)25(3,4)5)12-16-13-27-19-9-7-6-8-18(16)19/h6-9,13-15,20-21,26-27H,10-12H2,1-5H3,(H-,29,30,32,34)/p+1/t20-,21-/m0/s1. The number of fused-ring (bicyclic) bond motifs is 1. The number of rotatable bonds is 11. The third kappa shape index (κ3) is 8.19. The van der Waals surface area contributed by atoms with Gasteiger partial charge in [-0.15, -0.1) is 0 Å². The molecule has 188 valence electrons. The lowest BCUT2D eigenvalue weighted by Crippen LogP contribution is -2.54. The molecule has 1 heterocycles. The van der Waals surface area contributed by atoms with Crippen LogP contribution >= 0.6 is 0 Å². The number of para-hydroxylation sites is 1. The minimum atomic E-state index is -1.11. The Hall–Kier alpha value is -3.78. The third-order valence-electron chi connectivity index (χ3n) is 5.24. The zero-order chi connectivity index (χ0) is 26.2. The number of benzene rings is 1. The van der Waals surface area contributed by atoms with Crippen LogP contribution in [0.2, 0.25) is 0 Å². The number of hydrogen-bond donors (Lipinski definition) is 4. The van der Waals surface area contributed by atoms with Crippen molar-refractivity contribution in [3.63, 3.8) is 0 Å². The van der Waals surface area contributed by atoms with Gasteiger partial charge in [0.2, 0.25) is 17.6 Å². The summed E-state index contributed by atoms with van der Waals surface area (Å²) < 4.78 is 5.26. The van der Waals surface area contributed by atoms with Crippen molar-refractivity contribution in [2.45, 2.75) is 72.1 Å². The van der Waals surface area contributed by atoms with E-state index >= 15 is 0 Å². The van der Waals surface area contributed by atoms with Gasteiger partial charge in [0, 0.05) is 35.4 Å². The average Bonchev–Trinajstić information content (AvgIpc) is 3.17. The lowest BCUT2D eigenvalue weighted by molar-refractivity contribution is -0.152.